The van der Waals surface area contributed by atoms with Crippen LogP contribution in [0.5, 0.6) is 0 Å². The molecule has 32 heavy (non-hydrogen) atoms. The number of anilines is 1. The highest BCUT2D eigenvalue weighted by molar-refractivity contribution is 7.13. The van der Waals surface area contributed by atoms with E-state index >= 15 is 0 Å². The third-order valence-electron chi connectivity index (χ3n) is 5.68. The van der Waals surface area contributed by atoms with Crippen LogP contribution >= 0.6 is 11.3 Å². The van der Waals surface area contributed by atoms with Crippen LogP contribution in [0, 0.1) is 11.8 Å². The molecule has 0 unspecified atom stereocenters. The van der Waals surface area contributed by atoms with Gasteiger partial charge in [-0.15, -0.1) is 11.3 Å². The molecule has 0 spiro atoms. The number of aromatic nitrogens is 1. The van der Waals surface area contributed by atoms with Crippen LogP contribution in [-0.2, 0) is 20.8 Å². The highest BCUT2D eigenvalue weighted by atomic mass is 32.1. The number of carbonyl (C=O) groups excluding carboxylic acids is 3. The van der Waals surface area contributed by atoms with Crippen molar-refractivity contribution in [3.63, 3.8) is 0 Å². The number of carbonyl (C=O) groups is 3. The first-order valence-corrected chi connectivity index (χ1v) is 13.1. The topological polar surface area (TPSA) is 91.4 Å². The molecule has 8 heteroatoms. The molecule has 2 N–H and O–H groups in total. The summed E-state index contributed by atoms with van der Waals surface area (Å²) in [5.41, 5.74) is 0.647. The van der Waals surface area contributed by atoms with E-state index in [9.17, 15) is 14.4 Å². The molecule has 180 valence electrons. The summed E-state index contributed by atoms with van der Waals surface area (Å²) in [7, 11) is 0. The number of thiazole rings is 1. The first kappa shape index (κ1) is 26.3. The van der Waals surface area contributed by atoms with E-state index < -0.39 is 0 Å². The number of unbranched alkanes of at least 4 members (excludes halogenated alkanes) is 3. The zero-order chi connectivity index (χ0) is 23.3. The molecule has 1 saturated carbocycles. The summed E-state index contributed by atoms with van der Waals surface area (Å²) in [5.74, 6) is 0.149. The average Bonchev–Trinajstić information content (AvgIpc) is 3.19. The zero-order valence-corrected chi connectivity index (χ0v) is 20.8. The molecular weight excluding hydrogens is 424 g/mol. The Morgan fingerprint density at radius 1 is 1.12 bits per heavy atom. The Hall–Kier alpha value is -1.96. The number of nitrogens with one attached hydrogen (secondary N) is 2. The molecule has 0 aromatic carbocycles. The molecule has 7 nitrogen and oxygen atoms in total. The van der Waals surface area contributed by atoms with E-state index in [4.69, 9.17) is 0 Å². The normalized spacial score (nSPS) is 14.4. The number of nitrogens with zero attached hydrogens (tertiary/aromatic N) is 2. The molecule has 1 aliphatic rings. The van der Waals surface area contributed by atoms with Gasteiger partial charge in [0.1, 0.15) is 0 Å². The molecule has 2 rings (SSSR count). The van der Waals surface area contributed by atoms with Gasteiger partial charge in [-0.1, -0.05) is 59.3 Å². The van der Waals surface area contributed by atoms with E-state index in [-0.39, 0.29) is 36.6 Å². The van der Waals surface area contributed by atoms with Crippen molar-refractivity contribution in [2.24, 2.45) is 11.8 Å². The van der Waals surface area contributed by atoms with Crippen molar-refractivity contribution >= 4 is 34.2 Å². The van der Waals surface area contributed by atoms with Crippen LogP contribution in [0.2, 0.25) is 0 Å². The molecule has 1 aromatic heterocycles. The van der Waals surface area contributed by atoms with E-state index in [1.807, 2.05) is 0 Å². The van der Waals surface area contributed by atoms with E-state index in [1.165, 1.54) is 30.6 Å². The first-order valence-electron chi connectivity index (χ1n) is 12.2. The molecule has 1 aliphatic carbocycles. The van der Waals surface area contributed by atoms with Crippen LogP contribution < -0.4 is 10.6 Å². The fourth-order valence-corrected chi connectivity index (χ4v) is 4.79. The van der Waals surface area contributed by atoms with Gasteiger partial charge in [0.25, 0.3) is 0 Å². The molecule has 3 amide bonds. The van der Waals surface area contributed by atoms with E-state index in [2.05, 4.69) is 36.4 Å². The summed E-state index contributed by atoms with van der Waals surface area (Å²) in [6.45, 7) is 7.58. The lowest BCUT2D eigenvalue weighted by atomic mass is 9.88. The minimum absolute atomic E-state index is 0.0423. The van der Waals surface area contributed by atoms with Crippen molar-refractivity contribution in [1.29, 1.82) is 0 Å². The lowest BCUT2D eigenvalue weighted by Crippen LogP contribution is -2.43. The van der Waals surface area contributed by atoms with Crippen LogP contribution in [0.4, 0.5) is 5.13 Å². The van der Waals surface area contributed by atoms with Crippen LogP contribution in [0.3, 0.4) is 0 Å². The lowest BCUT2D eigenvalue weighted by Gasteiger charge is -2.30. The van der Waals surface area contributed by atoms with Crippen molar-refractivity contribution in [2.75, 3.05) is 25.0 Å². The van der Waals surface area contributed by atoms with Crippen molar-refractivity contribution < 1.29 is 14.4 Å². The summed E-state index contributed by atoms with van der Waals surface area (Å²) < 4.78 is 0. The minimum atomic E-state index is -0.240. The lowest BCUT2D eigenvalue weighted by molar-refractivity contribution is -0.139. The molecule has 1 fully saturated rings. The Labute approximate surface area is 196 Å². The Bertz CT molecular complexity index is 729. The SMILES string of the molecule is CCCCCCNC(=O)Cc1csc(NC(=O)CN(CC(C)C)C(=O)C2CCCCC2)n1. The van der Waals surface area contributed by atoms with Crippen LogP contribution in [-0.4, -0.2) is 47.2 Å². The Balaban J connectivity index is 1.82. The highest BCUT2D eigenvalue weighted by Gasteiger charge is 2.27. The number of amides is 3. The smallest absolute Gasteiger partial charge is 0.245 e. The van der Waals surface area contributed by atoms with Gasteiger partial charge >= 0.3 is 0 Å². The molecule has 0 atom stereocenters. The third-order valence-corrected chi connectivity index (χ3v) is 6.48. The highest BCUT2D eigenvalue weighted by Crippen LogP contribution is 2.26. The average molecular weight is 465 g/mol. The largest absolute Gasteiger partial charge is 0.356 e. The fraction of sp³-hybridized carbons (Fsp3) is 0.750. The van der Waals surface area contributed by atoms with Crippen molar-refractivity contribution in [1.82, 2.24) is 15.2 Å². The van der Waals surface area contributed by atoms with Gasteiger partial charge in [0.2, 0.25) is 17.7 Å². The third kappa shape index (κ3) is 9.67. The summed E-state index contributed by atoms with van der Waals surface area (Å²) in [4.78, 5) is 43.8. The molecular formula is C24H40N4O3S. The maximum Gasteiger partial charge on any atom is 0.245 e. The van der Waals surface area contributed by atoms with E-state index in [0.717, 1.165) is 38.5 Å². The van der Waals surface area contributed by atoms with Crippen molar-refractivity contribution in [3.05, 3.63) is 11.1 Å². The zero-order valence-electron chi connectivity index (χ0n) is 20.0. The molecule has 0 radical (unpaired) electrons. The molecule has 0 aliphatic heterocycles. The van der Waals surface area contributed by atoms with E-state index in [0.29, 0.717) is 29.8 Å². The molecule has 1 heterocycles. The van der Waals surface area contributed by atoms with Gasteiger partial charge in [0.05, 0.1) is 18.7 Å². The monoisotopic (exact) mass is 464 g/mol. The molecule has 0 saturated heterocycles. The quantitative estimate of drug-likeness (QED) is 0.424. The predicted octanol–water partition coefficient (Wildman–Crippen LogP) is 4.39. The summed E-state index contributed by atoms with van der Waals surface area (Å²) in [6.07, 6.45) is 9.90. The summed E-state index contributed by atoms with van der Waals surface area (Å²) >= 11 is 1.31. The maximum atomic E-state index is 13.0. The summed E-state index contributed by atoms with van der Waals surface area (Å²) in [5, 5.41) is 7.99. The van der Waals surface area contributed by atoms with Gasteiger partial charge < -0.3 is 15.5 Å². The minimum Gasteiger partial charge on any atom is -0.356 e. The van der Waals surface area contributed by atoms with Crippen LogP contribution in [0.25, 0.3) is 0 Å². The van der Waals surface area contributed by atoms with Gasteiger partial charge in [-0.3, -0.25) is 14.4 Å². The number of hydrogen-bond acceptors (Lipinski definition) is 5. The predicted molar refractivity (Wildman–Crippen MR) is 130 cm³/mol. The number of rotatable bonds is 13. The second-order valence-electron chi connectivity index (χ2n) is 9.23. The Morgan fingerprint density at radius 3 is 2.56 bits per heavy atom. The van der Waals surface area contributed by atoms with Gasteiger partial charge in [-0.2, -0.15) is 0 Å². The van der Waals surface area contributed by atoms with Crippen molar-refractivity contribution in [3.8, 4) is 0 Å². The first-order chi connectivity index (χ1) is 15.4. The van der Waals surface area contributed by atoms with Crippen LogP contribution in [0.15, 0.2) is 5.38 Å². The maximum absolute atomic E-state index is 13.0. The standard InChI is InChI=1S/C24H40N4O3S/c1-4-5-6-10-13-25-21(29)14-20-17-32-24(26-20)27-22(30)16-28(15-18(2)3)23(31)19-11-8-7-9-12-19/h17-19H,4-16H2,1-3H3,(H,25,29)(H,26,27,30). The fourth-order valence-electron chi connectivity index (χ4n) is 4.07. The van der Waals surface area contributed by atoms with E-state index in [1.54, 1.807) is 10.3 Å². The number of hydrogen-bond donors (Lipinski definition) is 2. The van der Waals surface area contributed by atoms with Gasteiger partial charge in [-0.25, -0.2) is 4.98 Å². The molecule has 1 aromatic rings. The van der Waals surface area contributed by atoms with Gasteiger partial charge in [0.15, 0.2) is 5.13 Å². The van der Waals surface area contributed by atoms with Crippen molar-refractivity contribution in [2.45, 2.75) is 85.0 Å². The van der Waals surface area contributed by atoms with Crippen LogP contribution in [0.1, 0.15) is 84.3 Å². The van der Waals surface area contributed by atoms with Gasteiger partial charge in [-0.05, 0) is 25.2 Å². The second kappa shape index (κ2) is 14.2. The molecule has 0 bridgehead atoms. The second-order valence-corrected chi connectivity index (χ2v) is 10.1. The summed E-state index contributed by atoms with van der Waals surface area (Å²) in [6, 6.07) is 0. The van der Waals surface area contributed by atoms with Gasteiger partial charge in [0, 0.05) is 24.4 Å². The Kier molecular flexibility index (Phi) is 11.7. The Morgan fingerprint density at radius 2 is 1.88 bits per heavy atom.